The molecule has 0 bridgehead atoms. The first-order valence-corrected chi connectivity index (χ1v) is 8.22. The molecule has 3 unspecified atom stereocenters. The second-order valence-electron chi connectivity index (χ2n) is 3.43. The quantitative estimate of drug-likeness (QED) is 0.144. The van der Waals surface area contributed by atoms with Gasteiger partial charge in [-0.25, -0.2) is 9.93 Å². The summed E-state index contributed by atoms with van der Waals surface area (Å²) in [6.45, 7) is 5.74. The Hall–Kier alpha value is 0.500. The lowest BCUT2D eigenvalue weighted by molar-refractivity contribution is -0.124. The zero-order valence-corrected chi connectivity index (χ0v) is 14.1. The van der Waals surface area contributed by atoms with Crippen molar-refractivity contribution in [2.75, 3.05) is 52.6 Å². The first kappa shape index (κ1) is 50.8. The van der Waals surface area contributed by atoms with Crippen molar-refractivity contribution in [1.82, 2.24) is 0 Å². The summed E-state index contributed by atoms with van der Waals surface area (Å²) < 4.78 is 21.9. The molecule has 11 heteroatoms. The summed E-state index contributed by atoms with van der Waals surface area (Å²) in [4.78, 5) is 7.97. The minimum Gasteiger partial charge on any atom is -0.394 e. The van der Waals surface area contributed by atoms with Crippen molar-refractivity contribution in [3.63, 3.8) is 0 Å². The Morgan fingerprint density at radius 2 is 1.33 bits per heavy atom. The number of epoxide rings is 2. The summed E-state index contributed by atoms with van der Waals surface area (Å²) in [5.74, 6) is 0. The van der Waals surface area contributed by atoms with Crippen LogP contribution in [0.4, 0.5) is 0 Å². The first-order chi connectivity index (χ1) is 10.2. The van der Waals surface area contributed by atoms with Gasteiger partial charge in [0.25, 0.3) is 0 Å². The molecule has 4 N–H and O–H groups in total. The second kappa shape index (κ2) is 50.3. The smallest absolute Gasteiger partial charge is 0.152 e. The number of hydrogen-bond donors (Lipinski definition) is 4. The molecule has 178 valence electrons. The van der Waals surface area contributed by atoms with E-state index in [1.165, 1.54) is 0 Å². The molecular formula is C16H50O9P2. The van der Waals surface area contributed by atoms with Gasteiger partial charge in [-0.05, 0) is 6.92 Å². The Morgan fingerprint density at radius 3 is 1.52 bits per heavy atom. The number of aliphatic hydroxyl groups is 2. The molecule has 0 amide bonds. The van der Waals surface area contributed by atoms with Gasteiger partial charge in [0, 0.05) is 0 Å². The van der Waals surface area contributed by atoms with Crippen molar-refractivity contribution in [3.8, 4) is 0 Å². The molecule has 27 heavy (non-hydrogen) atoms. The van der Waals surface area contributed by atoms with E-state index in [1.54, 1.807) is 0 Å². The third-order valence-electron chi connectivity index (χ3n) is 1.44. The van der Waals surface area contributed by atoms with Gasteiger partial charge in [0.1, 0.15) is 0 Å². The van der Waals surface area contributed by atoms with Crippen LogP contribution in [-0.4, -0.2) is 79.1 Å². The van der Waals surface area contributed by atoms with Gasteiger partial charge in [-0.3, -0.25) is 0 Å². The van der Waals surface area contributed by atoms with Crippen LogP contribution < -0.4 is 0 Å². The summed E-state index contributed by atoms with van der Waals surface area (Å²) >= 11 is 0. The van der Waals surface area contributed by atoms with Gasteiger partial charge in [-0.2, -0.15) is 0 Å². The van der Waals surface area contributed by atoms with Gasteiger partial charge in [-0.1, -0.05) is 44.6 Å². The van der Waals surface area contributed by atoms with Gasteiger partial charge < -0.3 is 33.8 Å². The largest absolute Gasteiger partial charge is 0.394 e. The third kappa shape index (κ3) is 102. The summed E-state index contributed by atoms with van der Waals surface area (Å²) in [6, 6.07) is 0. The molecule has 3 atom stereocenters. The van der Waals surface area contributed by atoms with Crippen molar-refractivity contribution in [2.45, 2.75) is 57.6 Å². The van der Waals surface area contributed by atoms with E-state index in [2.05, 4.69) is 25.6 Å². The molecule has 2 heterocycles. The highest BCUT2D eigenvalue weighted by atomic mass is 31.1. The van der Waals surface area contributed by atoms with Crippen LogP contribution in [0.15, 0.2) is 0 Å². The van der Waals surface area contributed by atoms with Crippen LogP contribution in [0.1, 0.15) is 51.5 Å². The molecule has 2 saturated heterocycles. The van der Waals surface area contributed by atoms with Crippen molar-refractivity contribution in [1.29, 1.82) is 0 Å². The maximum absolute atomic E-state index is 8.09. The number of rotatable bonds is 8. The summed E-state index contributed by atoms with van der Waals surface area (Å²) in [5.41, 5.74) is 0. The zero-order valence-electron chi connectivity index (χ0n) is 12.1. The van der Waals surface area contributed by atoms with E-state index in [0.717, 1.165) is 19.8 Å². The zero-order chi connectivity index (χ0) is 16.2. The molecule has 0 aromatic carbocycles. The average Bonchev–Trinajstić information content (AvgIpc) is 3.36. The molecule has 2 fully saturated rings. The first-order valence-electron chi connectivity index (χ1n) is 6.25. The summed E-state index contributed by atoms with van der Waals surface area (Å²) in [5, 5.41) is 23.8. The van der Waals surface area contributed by atoms with Crippen LogP contribution in [0.2, 0.25) is 0 Å². The van der Waals surface area contributed by atoms with Gasteiger partial charge >= 0.3 is 0 Å². The predicted molar refractivity (Wildman–Crippen MR) is 120 cm³/mol. The molecule has 2 aliphatic rings. The van der Waals surface area contributed by atoms with Gasteiger partial charge in [0.2, 0.25) is 0 Å². The van der Waals surface area contributed by atoms with E-state index in [0.29, 0.717) is 19.3 Å². The second-order valence-corrected chi connectivity index (χ2v) is 4.66. The minimum atomic E-state index is -0.517. The van der Waals surface area contributed by atoms with Crippen LogP contribution in [-0.2, 0) is 23.4 Å². The fourth-order valence-electron chi connectivity index (χ4n) is 0.415. The monoisotopic (exact) mass is 448 g/mol. The standard InChI is InChI=1S/C4H10O3.C3H6O.C2H4O.CH6O4P2.6CH4/c5-1-3-7-4-2-6;1-3-2-4-3;1-2-3-1;2-5-6-1-4-7-3;;;;;;/h5-6H,1-4H2;3H,2H2,1H3;1-2H2;2-3,6-7H,1H2;6*1H4. The molecule has 0 aromatic rings. The highest BCUT2D eigenvalue weighted by Gasteiger charge is 2.13. The maximum atomic E-state index is 8.09. The molecular weight excluding hydrogens is 398 g/mol. The van der Waals surface area contributed by atoms with Gasteiger partial charge in [0.05, 0.1) is 67.5 Å². The highest BCUT2D eigenvalue weighted by molar-refractivity contribution is 7.33. The molecule has 2 rings (SSSR count). The average molecular weight is 449 g/mol. The van der Waals surface area contributed by atoms with E-state index < -0.39 is 9.03 Å². The Labute approximate surface area is 172 Å². The topological polar surface area (TPSA) is 134 Å². The number of hydrogen-bond acceptors (Lipinski definition) is 9. The van der Waals surface area contributed by atoms with E-state index >= 15 is 0 Å². The van der Waals surface area contributed by atoms with E-state index in [4.69, 9.17) is 25.1 Å². The van der Waals surface area contributed by atoms with Crippen LogP contribution in [0, 0.1) is 0 Å². The van der Waals surface area contributed by atoms with Gasteiger partial charge in [0.15, 0.2) is 9.03 Å². The predicted octanol–water partition coefficient (Wildman–Crippen LogP) is 3.77. The van der Waals surface area contributed by atoms with Crippen molar-refractivity contribution in [2.24, 2.45) is 0 Å². The number of aliphatic hydroxyl groups excluding tert-OH is 2. The Bertz CT molecular complexity index is 157. The summed E-state index contributed by atoms with van der Waals surface area (Å²) in [6.07, 6.45) is 0.839. The van der Waals surface area contributed by atoms with Crippen molar-refractivity contribution in [3.05, 3.63) is 0 Å². The Balaban J connectivity index is -0.0000000285. The van der Waals surface area contributed by atoms with Crippen LogP contribution in [0.3, 0.4) is 0 Å². The fraction of sp³-hybridized carbons (Fsp3) is 1.00. The molecule has 0 spiro atoms. The molecule has 9 nitrogen and oxygen atoms in total. The Morgan fingerprint density at radius 1 is 0.963 bits per heavy atom. The van der Waals surface area contributed by atoms with E-state index in [1.807, 2.05) is 0 Å². The molecule has 0 aliphatic carbocycles. The van der Waals surface area contributed by atoms with Crippen LogP contribution in [0.5, 0.6) is 0 Å². The Kier molecular flexibility index (Phi) is 94.7. The van der Waals surface area contributed by atoms with Gasteiger partial charge in [-0.15, -0.1) is 0 Å². The molecule has 0 radical (unpaired) electrons. The van der Waals surface area contributed by atoms with Crippen molar-refractivity contribution < 1.29 is 43.8 Å². The van der Waals surface area contributed by atoms with E-state index in [-0.39, 0.29) is 72.9 Å². The maximum Gasteiger partial charge on any atom is 0.152 e. The van der Waals surface area contributed by atoms with Crippen molar-refractivity contribution >= 4 is 17.8 Å². The normalized spacial score (nSPS) is 14.3. The highest BCUT2D eigenvalue weighted by Crippen LogP contribution is 2.14. The SMILES string of the molecule is C.C.C.C.C.C.C1CO1.CC1CO1.OCCOCCO.OOPCOPO. The van der Waals surface area contributed by atoms with E-state index in [9.17, 15) is 0 Å². The fourth-order valence-corrected chi connectivity index (χ4v) is 0.962. The molecule has 0 aromatic heterocycles. The number of ether oxygens (including phenoxy) is 3. The lowest BCUT2D eigenvalue weighted by Crippen LogP contribution is -2.03. The molecule has 2 aliphatic heterocycles. The van der Waals surface area contributed by atoms with Crippen LogP contribution in [0.25, 0.3) is 0 Å². The third-order valence-corrected chi connectivity index (χ3v) is 2.39. The van der Waals surface area contributed by atoms with Crippen LogP contribution >= 0.6 is 17.8 Å². The molecule has 0 saturated carbocycles. The minimum absolute atomic E-state index is 0. The lowest BCUT2D eigenvalue weighted by atomic mass is 10.6. The summed E-state index contributed by atoms with van der Waals surface area (Å²) in [7, 11) is -0.615. The lowest BCUT2D eigenvalue weighted by Gasteiger charge is -1.94.